The molecule has 0 saturated heterocycles. The molecule has 0 amide bonds. The van der Waals surface area contributed by atoms with Gasteiger partial charge >= 0.3 is 6.18 Å². The molecule has 0 atom stereocenters. The summed E-state index contributed by atoms with van der Waals surface area (Å²) in [7, 11) is -3.66. The normalized spacial score (nSPS) is 15.3. The zero-order chi connectivity index (χ0) is 22.0. The molecule has 160 valence electrons. The van der Waals surface area contributed by atoms with Gasteiger partial charge in [0.15, 0.2) is 0 Å². The van der Waals surface area contributed by atoms with Gasteiger partial charge in [0.2, 0.25) is 10.0 Å². The Morgan fingerprint density at radius 2 is 1.93 bits per heavy atom. The van der Waals surface area contributed by atoms with Crippen LogP contribution in [0.15, 0.2) is 47.7 Å². The zero-order valence-electron chi connectivity index (χ0n) is 17.2. The Labute approximate surface area is 170 Å². The van der Waals surface area contributed by atoms with E-state index in [1.807, 2.05) is 26.8 Å². The number of rotatable bonds is 6. The van der Waals surface area contributed by atoms with E-state index in [-0.39, 0.29) is 12.3 Å². The molecule has 4 nitrogen and oxygen atoms in total. The molecule has 0 saturated carbocycles. The molecule has 2 rings (SSSR count). The monoisotopic (exact) mass is 428 g/mol. The fraction of sp³-hybridized carbons (Fsp3) is 0.429. The summed E-state index contributed by atoms with van der Waals surface area (Å²) in [5.74, 6) is -0.0262. The first-order chi connectivity index (χ1) is 13.4. The van der Waals surface area contributed by atoms with Gasteiger partial charge in [-0.2, -0.15) is 13.2 Å². The average Bonchev–Trinajstić information content (AvgIpc) is 2.77. The summed E-state index contributed by atoms with van der Waals surface area (Å²) >= 11 is 0. The van der Waals surface area contributed by atoms with E-state index in [1.165, 1.54) is 10.4 Å². The summed E-state index contributed by atoms with van der Waals surface area (Å²) < 4.78 is 66.0. The number of fused-ring (bicyclic) bond motifs is 1. The molecule has 0 aliphatic carbocycles. The van der Waals surface area contributed by atoms with E-state index in [9.17, 15) is 21.6 Å². The van der Waals surface area contributed by atoms with Crippen LogP contribution in [0.3, 0.4) is 0 Å². The number of nitrogens with zero attached hydrogens (tertiary/aromatic N) is 1. The van der Waals surface area contributed by atoms with Gasteiger partial charge in [0, 0.05) is 11.3 Å². The molecule has 0 fully saturated rings. The van der Waals surface area contributed by atoms with E-state index in [0.717, 1.165) is 23.6 Å². The molecule has 0 spiro atoms. The Kier molecular flexibility index (Phi) is 6.88. The number of hydrogen-bond acceptors (Lipinski definition) is 3. The van der Waals surface area contributed by atoms with E-state index >= 15 is 0 Å². The number of hydrogen-bond donors (Lipinski definition) is 1. The predicted molar refractivity (Wildman–Crippen MR) is 113 cm³/mol. The molecule has 1 aliphatic rings. The van der Waals surface area contributed by atoms with Crippen molar-refractivity contribution >= 4 is 21.4 Å². The van der Waals surface area contributed by atoms with E-state index in [0.29, 0.717) is 29.1 Å². The second kappa shape index (κ2) is 8.65. The van der Waals surface area contributed by atoms with Crippen molar-refractivity contribution in [2.75, 3.05) is 21.9 Å². The topological polar surface area (TPSA) is 49.4 Å². The lowest BCUT2D eigenvalue weighted by Gasteiger charge is -2.27. The van der Waals surface area contributed by atoms with Crippen molar-refractivity contribution in [2.24, 2.45) is 0 Å². The smallest absolute Gasteiger partial charge is 0.357 e. The van der Waals surface area contributed by atoms with Crippen LogP contribution in [0.25, 0.3) is 0 Å². The third-order valence-corrected chi connectivity index (χ3v) is 6.80. The summed E-state index contributed by atoms with van der Waals surface area (Å²) in [4.78, 5) is 0. The minimum atomic E-state index is -4.54. The number of allylic oxidation sites excluding steroid dienone is 3. The SMILES string of the molecule is C=C(/C=C\C1=C(C)Nc2ccc(C)c(C)c2N(S(=O)(=O)CCCC)C1)C(F)(F)F. The van der Waals surface area contributed by atoms with Crippen LogP contribution in [0, 0.1) is 13.8 Å². The van der Waals surface area contributed by atoms with Crippen LogP contribution in [-0.4, -0.2) is 26.9 Å². The molecule has 1 N–H and O–H groups in total. The second-order valence-corrected chi connectivity index (χ2v) is 9.22. The molecular formula is C21H27F3N2O2S. The van der Waals surface area contributed by atoms with Crippen molar-refractivity contribution in [3.8, 4) is 0 Å². The van der Waals surface area contributed by atoms with Gasteiger partial charge in [-0.3, -0.25) is 4.31 Å². The van der Waals surface area contributed by atoms with Crippen LogP contribution in [0.1, 0.15) is 37.8 Å². The summed E-state index contributed by atoms with van der Waals surface area (Å²) in [6, 6.07) is 3.68. The largest absolute Gasteiger partial charge is 0.415 e. The maximum absolute atomic E-state index is 13.1. The highest BCUT2D eigenvalue weighted by Gasteiger charge is 2.31. The number of sulfonamides is 1. The van der Waals surface area contributed by atoms with Gasteiger partial charge in [0.1, 0.15) is 0 Å². The van der Waals surface area contributed by atoms with Crippen LogP contribution in [0.2, 0.25) is 0 Å². The molecule has 1 aromatic carbocycles. The summed E-state index contributed by atoms with van der Waals surface area (Å²) in [6.45, 7) is 10.4. The van der Waals surface area contributed by atoms with Crippen molar-refractivity contribution in [1.82, 2.24) is 0 Å². The highest BCUT2D eigenvalue weighted by Crippen LogP contribution is 2.38. The number of nitrogens with one attached hydrogen (secondary N) is 1. The van der Waals surface area contributed by atoms with Crippen LogP contribution in [0.4, 0.5) is 24.5 Å². The maximum atomic E-state index is 13.1. The number of aryl methyl sites for hydroxylation is 1. The average molecular weight is 429 g/mol. The van der Waals surface area contributed by atoms with Gasteiger partial charge in [-0.1, -0.05) is 38.1 Å². The summed E-state index contributed by atoms with van der Waals surface area (Å²) in [5.41, 5.74) is 2.95. The van der Waals surface area contributed by atoms with Gasteiger partial charge in [0.05, 0.1) is 23.7 Å². The van der Waals surface area contributed by atoms with Crippen LogP contribution >= 0.6 is 0 Å². The maximum Gasteiger partial charge on any atom is 0.415 e. The number of benzene rings is 1. The Bertz CT molecular complexity index is 961. The number of alkyl halides is 3. The van der Waals surface area contributed by atoms with Gasteiger partial charge in [-0.25, -0.2) is 8.42 Å². The molecule has 0 aromatic heterocycles. The van der Waals surface area contributed by atoms with Gasteiger partial charge in [0.25, 0.3) is 0 Å². The highest BCUT2D eigenvalue weighted by atomic mass is 32.2. The Morgan fingerprint density at radius 3 is 2.52 bits per heavy atom. The molecule has 1 heterocycles. The van der Waals surface area contributed by atoms with Crippen molar-refractivity contribution in [3.63, 3.8) is 0 Å². The molecule has 29 heavy (non-hydrogen) atoms. The van der Waals surface area contributed by atoms with Crippen molar-refractivity contribution < 1.29 is 21.6 Å². The molecule has 1 aliphatic heterocycles. The number of anilines is 2. The third kappa shape index (κ3) is 5.23. The lowest BCUT2D eigenvalue weighted by atomic mass is 10.1. The Balaban J connectivity index is 2.57. The minimum absolute atomic E-state index is 0.0262. The molecular weight excluding hydrogens is 401 g/mol. The molecule has 8 heteroatoms. The van der Waals surface area contributed by atoms with Gasteiger partial charge in [-0.15, -0.1) is 0 Å². The van der Waals surface area contributed by atoms with E-state index in [1.54, 1.807) is 13.0 Å². The van der Waals surface area contributed by atoms with Gasteiger partial charge in [-0.05, 0) is 50.0 Å². The fourth-order valence-corrected chi connectivity index (χ4v) is 4.73. The van der Waals surface area contributed by atoms with Crippen LogP contribution in [0.5, 0.6) is 0 Å². The molecule has 0 radical (unpaired) electrons. The standard InChI is InChI=1S/C21H27F3N2O2S/c1-6-7-12-29(27,28)26-13-18(10-9-15(3)21(22,23)24)17(5)25-19-11-8-14(2)16(4)20(19)26/h8-11,25H,3,6-7,12-13H2,1-2,4-5H3/b10-9-. The van der Waals surface area contributed by atoms with Crippen molar-refractivity contribution in [3.05, 3.63) is 58.8 Å². The van der Waals surface area contributed by atoms with E-state index < -0.39 is 21.8 Å². The van der Waals surface area contributed by atoms with E-state index in [2.05, 4.69) is 11.9 Å². The zero-order valence-corrected chi connectivity index (χ0v) is 18.0. The van der Waals surface area contributed by atoms with E-state index in [4.69, 9.17) is 0 Å². The van der Waals surface area contributed by atoms with Gasteiger partial charge < -0.3 is 5.32 Å². The first-order valence-electron chi connectivity index (χ1n) is 9.40. The number of unbranched alkanes of at least 4 members (excludes halogenated alkanes) is 1. The molecule has 1 aromatic rings. The quantitative estimate of drug-likeness (QED) is 0.599. The van der Waals surface area contributed by atoms with Crippen LogP contribution in [-0.2, 0) is 10.0 Å². The fourth-order valence-electron chi connectivity index (χ4n) is 3.01. The summed E-state index contributed by atoms with van der Waals surface area (Å²) in [5, 5.41) is 3.17. The van der Waals surface area contributed by atoms with Crippen molar-refractivity contribution in [2.45, 2.75) is 46.7 Å². The molecule has 0 bridgehead atoms. The lowest BCUT2D eigenvalue weighted by molar-refractivity contribution is -0.0878. The second-order valence-electron chi connectivity index (χ2n) is 7.21. The summed E-state index contributed by atoms with van der Waals surface area (Å²) in [6.07, 6.45) is -1.14. The number of halogens is 3. The van der Waals surface area contributed by atoms with Crippen molar-refractivity contribution in [1.29, 1.82) is 0 Å². The minimum Gasteiger partial charge on any atom is -0.357 e. The predicted octanol–water partition coefficient (Wildman–Crippen LogP) is 5.61. The Hall–Kier alpha value is -2.22. The van der Waals surface area contributed by atoms with Crippen LogP contribution < -0.4 is 9.62 Å². The first-order valence-corrected chi connectivity index (χ1v) is 11.0. The molecule has 0 unspecified atom stereocenters. The lowest BCUT2D eigenvalue weighted by Crippen LogP contribution is -2.35. The highest BCUT2D eigenvalue weighted by molar-refractivity contribution is 7.92. The Morgan fingerprint density at radius 1 is 1.28 bits per heavy atom. The third-order valence-electron chi connectivity index (χ3n) is 5.01. The first kappa shape index (κ1) is 23.1.